The van der Waals surface area contributed by atoms with E-state index in [1.54, 1.807) is 0 Å². The lowest BCUT2D eigenvalue weighted by Crippen LogP contribution is -1.87. The van der Waals surface area contributed by atoms with Gasteiger partial charge < -0.3 is 4.74 Å². The topological polar surface area (TPSA) is 21.6 Å². The maximum Gasteiger partial charge on any atom is 0.287 e. The van der Waals surface area contributed by atoms with E-state index >= 15 is 0 Å². The molecule has 0 N–H and O–H groups in total. The summed E-state index contributed by atoms with van der Waals surface area (Å²) in [5.41, 5.74) is 0.791. The van der Waals surface area contributed by atoms with Crippen LogP contribution in [0.3, 0.4) is 0 Å². The molecule has 0 unspecified atom stereocenters. The molecule has 1 aromatic rings. The summed E-state index contributed by atoms with van der Waals surface area (Å²) in [7, 11) is 1.48. The lowest BCUT2D eigenvalue weighted by atomic mass is 10.3. The SMILES string of the molecule is CO/C(Cl)=N/c1ccccc1. The van der Waals surface area contributed by atoms with Crippen molar-refractivity contribution in [2.24, 2.45) is 4.99 Å². The number of aliphatic imine (C=N–C) groups is 1. The third-order valence-corrected chi connectivity index (χ3v) is 1.38. The molecule has 2 nitrogen and oxygen atoms in total. The van der Waals surface area contributed by atoms with Gasteiger partial charge >= 0.3 is 0 Å². The second-order valence-corrected chi connectivity index (χ2v) is 2.23. The Kier molecular flexibility index (Phi) is 2.93. The molecule has 0 saturated carbocycles. The second-order valence-electron chi connectivity index (χ2n) is 1.90. The van der Waals surface area contributed by atoms with Crippen molar-refractivity contribution >= 4 is 22.6 Å². The van der Waals surface area contributed by atoms with E-state index in [1.165, 1.54) is 7.11 Å². The molecule has 0 amide bonds. The Labute approximate surface area is 70.5 Å². The van der Waals surface area contributed by atoms with Gasteiger partial charge in [0, 0.05) is 0 Å². The first kappa shape index (κ1) is 8.08. The standard InChI is InChI=1S/C8H8ClNO/c1-11-8(9)10-7-5-3-2-4-6-7/h2-6H,1H3/b10-8+. The number of hydrogen-bond donors (Lipinski definition) is 0. The average molecular weight is 170 g/mol. The van der Waals surface area contributed by atoms with E-state index in [2.05, 4.69) is 9.73 Å². The number of rotatable bonds is 1. The van der Waals surface area contributed by atoms with Crippen LogP contribution in [-0.2, 0) is 4.74 Å². The van der Waals surface area contributed by atoms with Crippen LogP contribution < -0.4 is 0 Å². The van der Waals surface area contributed by atoms with Crippen LogP contribution in [0.5, 0.6) is 0 Å². The summed E-state index contributed by atoms with van der Waals surface area (Å²) >= 11 is 5.53. The van der Waals surface area contributed by atoms with Crippen LogP contribution in [0, 0.1) is 0 Å². The fourth-order valence-electron chi connectivity index (χ4n) is 0.650. The zero-order valence-corrected chi connectivity index (χ0v) is 6.88. The van der Waals surface area contributed by atoms with Crippen molar-refractivity contribution in [2.75, 3.05) is 7.11 Å². The van der Waals surface area contributed by atoms with Gasteiger partial charge in [-0.1, -0.05) is 18.2 Å². The number of nitrogens with zero attached hydrogens (tertiary/aromatic N) is 1. The molecule has 0 aliphatic rings. The number of para-hydroxylation sites is 1. The van der Waals surface area contributed by atoms with Gasteiger partial charge in [-0.15, -0.1) is 0 Å². The van der Waals surface area contributed by atoms with Crippen LogP contribution >= 0.6 is 11.6 Å². The molecule has 0 heterocycles. The lowest BCUT2D eigenvalue weighted by Gasteiger charge is -1.94. The van der Waals surface area contributed by atoms with Gasteiger partial charge in [-0.05, 0) is 23.7 Å². The minimum atomic E-state index is 0.149. The molecule has 0 fully saturated rings. The zero-order valence-electron chi connectivity index (χ0n) is 6.12. The Morgan fingerprint density at radius 1 is 1.36 bits per heavy atom. The summed E-state index contributed by atoms with van der Waals surface area (Å²) in [5.74, 6) is 0. The van der Waals surface area contributed by atoms with Crippen LogP contribution in [0.2, 0.25) is 0 Å². The summed E-state index contributed by atoms with van der Waals surface area (Å²) in [6.07, 6.45) is 0. The van der Waals surface area contributed by atoms with Crippen LogP contribution in [0.1, 0.15) is 0 Å². The van der Waals surface area contributed by atoms with Crippen LogP contribution in [0.15, 0.2) is 35.3 Å². The zero-order chi connectivity index (χ0) is 8.10. The lowest BCUT2D eigenvalue weighted by molar-refractivity contribution is 0.415. The number of benzene rings is 1. The van der Waals surface area contributed by atoms with Gasteiger partial charge in [-0.2, -0.15) is 0 Å². The molecule has 0 aromatic heterocycles. The van der Waals surface area contributed by atoms with E-state index in [-0.39, 0.29) is 5.36 Å². The van der Waals surface area contributed by atoms with E-state index in [0.717, 1.165) is 5.69 Å². The molecule has 0 aliphatic heterocycles. The van der Waals surface area contributed by atoms with Crippen molar-refractivity contribution in [3.8, 4) is 0 Å². The molecule has 0 saturated heterocycles. The molecule has 1 rings (SSSR count). The normalized spacial score (nSPS) is 11.3. The van der Waals surface area contributed by atoms with Crippen molar-refractivity contribution in [1.82, 2.24) is 0 Å². The Morgan fingerprint density at radius 2 is 2.00 bits per heavy atom. The Balaban J connectivity index is 2.79. The minimum Gasteiger partial charge on any atom is -0.472 e. The molecule has 0 radical (unpaired) electrons. The molecule has 0 aliphatic carbocycles. The molecule has 11 heavy (non-hydrogen) atoms. The van der Waals surface area contributed by atoms with Gasteiger partial charge in [-0.25, -0.2) is 4.99 Å². The molecule has 1 aromatic carbocycles. The highest BCUT2D eigenvalue weighted by Gasteiger charge is 1.90. The third kappa shape index (κ3) is 2.60. The van der Waals surface area contributed by atoms with Gasteiger partial charge in [0.2, 0.25) is 0 Å². The van der Waals surface area contributed by atoms with Gasteiger partial charge in [0.05, 0.1) is 12.8 Å². The third-order valence-electron chi connectivity index (χ3n) is 1.14. The van der Waals surface area contributed by atoms with Crippen LogP contribution in [-0.4, -0.2) is 12.5 Å². The molecule has 0 spiro atoms. The summed E-state index contributed by atoms with van der Waals surface area (Å²) in [6, 6.07) is 9.39. The van der Waals surface area contributed by atoms with E-state index < -0.39 is 0 Å². The van der Waals surface area contributed by atoms with Crippen molar-refractivity contribution < 1.29 is 4.74 Å². The van der Waals surface area contributed by atoms with E-state index in [0.29, 0.717) is 0 Å². The first-order valence-corrected chi connectivity index (χ1v) is 3.54. The molecule has 3 heteroatoms. The summed E-state index contributed by atoms with van der Waals surface area (Å²) in [4.78, 5) is 3.94. The van der Waals surface area contributed by atoms with Crippen molar-refractivity contribution in [3.05, 3.63) is 30.3 Å². The van der Waals surface area contributed by atoms with E-state index in [9.17, 15) is 0 Å². The molecule has 0 atom stereocenters. The average Bonchev–Trinajstić information content (AvgIpc) is 2.06. The highest BCUT2D eigenvalue weighted by atomic mass is 35.5. The van der Waals surface area contributed by atoms with Crippen molar-refractivity contribution in [3.63, 3.8) is 0 Å². The summed E-state index contributed by atoms with van der Waals surface area (Å²) in [6.45, 7) is 0. The number of methoxy groups -OCH3 is 1. The first-order chi connectivity index (χ1) is 5.33. The van der Waals surface area contributed by atoms with Crippen LogP contribution in [0.4, 0.5) is 5.69 Å². The van der Waals surface area contributed by atoms with Crippen LogP contribution in [0.25, 0.3) is 0 Å². The Bertz CT molecular complexity index is 246. The number of hydrogen-bond acceptors (Lipinski definition) is 2. The van der Waals surface area contributed by atoms with E-state index in [4.69, 9.17) is 11.6 Å². The summed E-state index contributed by atoms with van der Waals surface area (Å²) in [5, 5.41) is 0.149. The quantitative estimate of drug-likeness (QED) is 0.468. The van der Waals surface area contributed by atoms with Gasteiger partial charge in [0.1, 0.15) is 0 Å². The summed E-state index contributed by atoms with van der Waals surface area (Å²) < 4.78 is 4.67. The second kappa shape index (κ2) is 3.98. The number of halogens is 1. The molecule has 58 valence electrons. The maximum atomic E-state index is 5.53. The Morgan fingerprint density at radius 3 is 2.55 bits per heavy atom. The van der Waals surface area contributed by atoms with Gasteiger partial charge in [-0.3, -0.25) is 0 Å². The molecular weight excluding hydrogens is 162 g/mol. The minimum absolute atomic E-state index is 0.149. The number of ether oxygens (including phenoxy) is 1. The monoisotopic (exact) mass is 169 g/mol. The highest BCUT2D eigenvalue weighted by Crippen LogP contribution is 2.10. The first-order valence-electron chi connectivity index (χ1n) is 3.16. The van der Waals surface area contributed by atoms with Gasteiger partial charge in [0.25, 0.3) is 5.36 Å². The van der Waals surface area contributed by atoms with Crippen molar-refractivity contribution in [1.29, 1.82) is 0 Å². The smallest absolute Gasteiger partial charge is 0.287 e. The van der Waals surface area contributed by atoms with Gasteiger partial charge in [0.15, 0.2) is 0 Å². The fraction of sp³-hybridized carbons (Fsp3) is 0.125. The largest absolute Gasteiger partial charge is 0.472 e. The van der Waals surface area contributed by atoms with Crippen molar-refractivity contribution in [2.45, 2.75) is 0 Å². The molecular formula is C8H8ClNO. The predicted octanol–water partition coefficient (Wildman–Crippen LogP) is 2.56. The Hall–Kier alpha value is -1.02. The maximum absolute atomic E-state index is 5.53. The van der Waals surface area contributed by atoms with E-state index in [1.807, 2.05) is 30.3 Å². The predicted molar refractivity (Wildman–Crippen MR) is 46.4 cm³/mol. The molecule has 0 bridgehead atoms. The highest BCUT2D eigenvalue weighted by molar-refractivity contribution is 6.63. The fourth-order valence-corrected chi connectivity index (χ4v) is 0.747.